The number of nitrogens with one attached hydrogen (secondary N) is 1. The number of carbonyl (C=O) groups excluding carboxylic acids is 1. The number of furan rings is 1. The number of amides is 1. The summed E-state index contributed by atoms with van der Waals surface area (Å²) in [5, 5.41) is 7.03. The lowest BCUT2D eigenvalue weighted by molar-refractivity contribution is 0.0951. The van der Waals surface area contributed by atoms with Crippen molar-refractivity contribution in [2.45, 2.75) is 38.5 Å². The van der Waals surface area contributed by atoms with E-state index in [1.165, 1.54) is 12.1 Å². The lowest BCUT2D eigenvalue weighted by Gasteiger charge is -2.19. The number of aromatic nitrogens is 2. The quantitative estimate of drug-likeness (QED) is 0.406. The second-order valence-electron chi connectivity index (χ2n) is 8.19. The fraction of sp³-hybridized carbons (Fsp3) is 0.240. The molecule has 1 aliphatic carbocycles. The number of rotatable bonds is 9. The summed E-state index contributed by atoms with van der Waals surface area (Å²) < 4.78 is 24.2. The van der Waals surface area contributed by atoms with Crippen LogP contribution in [0.1, 0.15) is 40.4 Å². The number of halogens is 1. The largest absolute Gasteiger partial charge is 0.468 e. The second-order valence-corrected chi connectivity index (χ2v) is 8.19. The highest BCUT2D eigenvalue weighted by Gasteiger charge is 2.23. The molecule has 0 radical (unpaired) electrons. The van der Waals surface area contributed by atoms with E-state index in [0.717, 1.165) is 24.2 Å². The summed E-state index contributed by atoms with van der Waals surface area (Å²) in [6.45, 7) is 1.55. The minimum atomic E-state index is -0.317. The highest BCUT2D eigenvalue weighted by molar-refractivity contribution is 5.94. The van der Waals surface area contributed by atoms with Gasteiger partial charge in [0.25, 0.3) is 5.91 Å². The maximum absolute atomic E-state index is 13.2. The molecule has 2 aromatic heterocycles. The molecule has 1 fully saturated rings. The van der Waals surface area contributed by atoms with Crippen LogP contribution in [0.2, 0.25) is 0 Å². The van der Waals surface area contributed by atoms with Crippen molar-refractivity contribution in [1.29, 1.82) is 0 Å². The zero-order valence-corrected chi connectivity index (χ0v) is 17.9. The van der Waals surface area contributed by atoms with Crippen LogP contribution in [0, 0.1) is 5.82 Å². The number of carbonyl (C=O) groups is 1. The van der Waals surface area contributed by atoms with Crippen molar-refractivity contribution in [1.82, 2.24) is 20.4 Å². The van der Waals surface area contributed by atoms with E-state index in [4.69, 9.17) is 8.94 Å². The molecule has 168 valence electrons. The molecule has 7 nitrogen and oxygen atoms in total. The number of hydrogen-bond acceptors (Lipinski definition) is 6. The van der Waals surface area contributed by atoms with Crippen LogP contribution in [0.15, 0.2) is 75.9 Å². The van der Waals surface area contributed by atoms with Gasteiger partial charge in [-0.15, -0.1) is 0 Å². The van der Waals surface area contributed by atoms with Crippen molar-refractivity contribution in [2.24, 2.45) is 0 Å². The molecular weight excluding hydrogens is 423 g/mol. The fourth-order valence-electron chi connectivity index (χ4n) is 3.53. The zero-order valence-electron chi connectivity index (χ0n) is 17.9. The van der Waals surface area contributed by atoms with E-state index in [1.807, 2.05) is 36.4 Å². The van der Waals surface area contributed by atoms with Gasteiger partial charge in [-0.05, 0) is 66.9 Å². The summed E-state index contributed by atoms with van der Waals surface area (Å²) in [5.41, 5.74) is 2.39. The van der Waals surface area contributed by atoms with Gasteiger partial charge in [-0.2, -0.15) is 4.98 Å². The summed E-state index contributed by atoms with van der Waals surface area (Å²) in [4.78, 5) is 18.8. The number of hydrogen-bond donors (Lipinski definition) is 1. The summed E-state index contributed by atoms with van der Waals surface area (Å²) in [7, 11) is 0. The molecule has 2 heterocycles. The molecule has 1 saturated carbocycles. The third-order valence-corrected chi connectivity index (χ3v) is 5.42. The highest BCUT2D eigenvalue weighted by atomic mass is 19.1. The van der Waals surface area contributed by atoms with Gasteiger partial charge >= 0.3 is 0 Å². The highest BCUT2D eigenvalue weighted by Crippen LogP contribution is 2.21. The van der Waals surface area contributed by atoms with Crippen molar-refractivity contribution in [2.75, 3.05) is 0 Å². The monoisotopic (exact) mass is 446 g/mol. The zero-order chi connectivity index (χ0) is 22.6. The van der Waals surface area contributed by atoms with Gasteiger partial charge in [-0.3, -0.25) is 9.69 Å². The lowest BCUT2D eigenvalue weighted by Crippen LogP contribution is -2.25. The Labute approximate surface area is 190 Å². The van der Waals surface area contributed by atoms with Crippen LogP contribution in [0.4, 0.5) is 4.39 Å². The molecule has 8 heteroatoms. The molecule has 1 amide bonds. The van der Waals surface area contributed by atoms with E-state index in [1.54, 1.807) is 18.4 Å². The van der Waals surface area contributed by atoms with Crippen LogP contribution in [0.5, 0.6) is 0 Å². The van der Waals surface area contributed by atoms with E-state index in [-0.39, 0.29) is 11.7 Å². The van der Waals surface area contributed by atoms with Crippen molar-refractivity contribution in [3.8, 4) is 11.4 Å². The third kappa shape index (κ3) is 5.53. The van der Waals surface area contributed by atoms with Crippen molar-refractivity contribution >= 4 is 5.91 Å². The Morgan fingerprint density at radius 3 is 2.52 bits per heavy atom. The van der Waals surface area contributed by atoms with Crippen molar-refractivity contribution in [3.05, 3.63) is 95.5 Å². The van der Waals surface area contributed by atoms with Gasteiger partial charge in [0.15, 0.2) is 0 Å². The topological polar surface area (TPSA) is 84.4 Å². The van der Waals surface area contributed by atoms with Crippen LogP contribution in [0.25, 0.3) is 11.4 Å². The Kier molecular flexibility index (Phi) is 5.99. The lowest BCUT2D eigenvalue weighted by atomic mass is 10.1. The van der Waals surface area contributed by atoms with Gasteiger partial charge < -0.3 is 14.3 Å². The average molecular weight is 446 g/mol. The fourth-order valence-corrected chi connectivity index (χ4v) is 3.53. The first-order chi connectivity index (χ1) is 16.1. The van der Waals surface area contributed by atoms with Crippen LogP contribution >= 0.6 is 0 Å². The number of benzene rings is 2. The Hall–Kier alpha value is -3.78. The maximum atomic E-state index is 13.2. The van der Waals surface area contributed by atoms with Gasteiger partial charge in [0, 0.05) is 23.7 Å². The smallest absolute Gasteiger partial charge is 0.251 e. The standard InChI is InChI=1S/C25H23FN4O3/c26-20-9-7-18(8-10-20)24-28-23(33-29-24)16-30(15-22-2-1-13-32-22)14-17-3-5-19(6-4-17)25(31)27-21-11-12-21/h1-10,13,21H,11-12,14-16H2,(H,27,31). The average Bonchev–Trinajstić information content (AvgIpc) is 3.27. The molecule has 0 aliphatic heterocycles. The third-order valence-electron chi connectivity index (χ3n) is 5.42. The summed E-state index contributed by atoms with van der Waals surface area (Å²) in [6, 6.07) is 17.6. The first kappa shape index (κ1) is 21.1. The van der Waals surface area contributed by atoms with Crippen molar-refractivity contribution in [3.63, 3.8) is 0 Å². The first-order valence-electron chi connectivity index (χ1n) is 10.9. The predicted molar refractivity (Wildman–Crippen MR) is 118 cm³/mol. The van der Waals surface area contributed by atoms with Crippen molar-refractivity contribution < 1.29 is 18.1 Å². The van der Waals surface area contributed by atoms with Crippen LogP contribution < -0.4 is 5.32 Å². The molecule has 0 saturated heterocycles. The van der Waals surface area contributed by atoms with E-state index >= 15 is 0 Å². The summed E-state index contributed by atoms with van der Waals surface area (Å²) >= 11 is 0. The molecule has 1 aliphatic rings. The number of nitrogens with zero attached hydrogens (tertiary/aromatic N) is 3. The summed E-state index contributed by atoms with van der Waals surface area (Å²) in [5.74, 6) is 1.32. The van der Waals surface area contributed by atoms with Gasteiger partial charge in [-0.25, -0.2) is 4.39 Å². The molecule has 2 aromatic carbocycles. The van der Waals surface area contributed by atoms with E-state index in [0.29, 0.717) is 48.5 Å². The normalized spacial score (nSPS) is 13.4. The van der Waals surface area contributed by atoms with E-state index < -0.39 is 0 Å². The van der Waals surface area contributed by atoms with Gasteiger partial charge in [0.2, 0.25) is 11.7 Å². The Morgan fingerprint density at radius 1 is 1.03 bits per heavy atom. The Bertz CT molecular complexity index is 1200. The van der Waals surface area contributed by atoms with E-state index in [9.17, 15) is 9.18 Å². The Balaban J connectivity index is 1.29. The minimum Gasteiger partial charge on any atom is -0.468 e. The van der Waals surface area contributed by atoms with Crippen LogP contribution in [-0.2, 0) is 19.6 Å². The molecule has 4 aromatic rings. The predicted octanol–water partition coefficient (Wildman–Crippen LogP) is 4.56. The first-order valence-corrected chi connectivity index (χ1v) is 10.9. The molecule has 5 rings (SSSR count). The molecule has 0 spiro atoms. The molecule has 1 N–H and O–H groups in total. The molecule has 0 bridgehead atoms. The Morgan fingerprint density at radius 2 is 1.82 bits per heavy atom. The second kappa shape index (κ2) is 9.38. The van der Waals surface area contributed by atoms with Crippen LogP contribution in [0.3, 0.4) is 0 Å². The summed E-state index contributed by atoms with van der Waals surface area (Å²) in [6.07, 6.45) is 3.76. The van der Waals surface area contributed by atoms with Crippen LogP contribution in [-0.4, -0.2) is 27.0 Å². The molecular formula is C25H23FN4O3. The minimum absolute atomic E-state index is 0.0318. The molecule has 0 unspecified atom stereocenters. The maximum Gasteiger partial charge on any atom is 0.251 e. The molecule has 33 heavy (non-hydrogen) atoms. The van der Waals surface area contributed by atoms with Gasteiger partial charge in [0.05, 0.1) is 19.4 Å². The van der Waals surface area contributed by atoms with Gasteiger partial charge in [0.1, 0.15) is 11.6 Å². The van der Waals surface area contributed by atoms with Gasteiger partial charge in [-0.1, -0.05) is 17.3 Å². The van der Waals surface area contributed by atoms with E-state index in [2.05, 4.69) is 20.4 Å². The SMILES string of the molecule is O=C(NC1CC1)c1ccc(CN(Cc2ccco2)Cc2nc(-c3ccc(F)cc3)no2)cc1. The molecule has 0 atom stereocenters.